The van der Waals surface area contributed by atoms with E-state index in [1.165, 1.54) is 32.8 Å². The van der Waals surface area contributed by atoms with Gasteiger partial charge in [-0.25, -0.2) is 0 Å². The molecular formula is C27H42OSi3. The average molecular weight is 467 g/mol. The maximum Gasteiger partial charge on any atom is 0.242 e. The number of benzene rings is 2. The standard InChI is InChI=1S/C27H42OSi3/c1-20-18-24(30(8,9)23-17-13-15-21-14-12-16-22(21)23)26(28-29(5,6)7)25(19-20)31(10,11)27(2,3)4/h12-13,15-19H,14H2,1-11H3. The maximum absolute atomic E-state index is 7.02. The van der Waals surface area contributed by atoms with E-state index in [0.29, 0.717) is 0 Å². The van der Waals surface area contributed by atoms with E-state index in [4.69, 9.17) is 4.43 Å². The average Bonchev–Trinajstić information content (AvgIpc) is 3.09. The lowest BCUT2D eigenvalue weighted by molar-refractivity contribution is 0.564. The summed E-state index contributed by atoms with van der Waals surface area (Å²) < 4.78 is 7.02. The van der Waals surface area contributed by atoms with Gasteiger partial charge in [0.05, 0.1) is 8.07 Å². The van der Waals surface area contributed by atoms with E-state index in [-0.39, 0.29) is 5.04 Å². The van der Waals surface area contributed by atoms with Gasteiger partial charge in [-0.05, 0) is 64.7 Å². The largest absolute Gasteiger partial charge is 0.544 e. The molecule has 168 valence electrons. The van der Waals surface area contributed by atoms with Crippen molar-refractivity contribution in [2.24, 2.45) is 0 Å². The number of hydrogen-bond donors (Lipinski definition) is 0. The minimum Gasteiger partial charge on any atom is -0.544 e. The highest BCUT2D eigenvalue weighted by atomic mass is 28.4. The Morgan fingerprint density at radius 1 is 0.839 bits per heavy atom. The molecule has 1 nitrogen and oxygen atoms in total. The predicted octanol–water partition coefficient (Wildman–Crippen LogP) is 6.32. The van der Waals surface area contributed by atoms with E-state index < -0.39 is 24.5 Å². The Morgan fingerprint density at radius 3 is 2.03 bits per heavy atom. The molecule has 2 aromatic rings. The molecule has 1 aliphatic carbocycles. The van der Waals surface area contributed by atoms with Gasteiger partial charge in [-0.15, -0.1) is 0 Å². The zero-order chi connectivity index (χ0) is 23.4. The quantitative estimate of drug-likeness (QED) is 0.469. The smallest absolute Gasteiger partial charge is 0.242 e. The molecule has 0 aromatic heterocycles. The molecule has 31 heavy (non-hydrogen) atoms. The van der Waals surface area contributed by atoms with Crippen LogP contribution in [-0.2, 0) is 6.42 Å². The van der Waals surface area contributed by atoms with Gasteiger partial charge in [0.15, 0.2) is 0 Å². The Hall–Kier alpha value is -1.37. The van der Waals surface area contributed by atoms with Crippen molar-refractivity contribution >= 4 is 46.1 Å². The van der Waals surface area contributed by atoms with Gasteiger partial charge in [0.2, 0.25) is 8.32 Å². The van der Waals surface area contributed by atoms with Crippen LogP contribution < -0.4 is 20.0 Å². The Balaban J connectivity index is 2.35. The minimum atomic E-state index is -1.99. The lowest BCUT2D eigenvalue weighted by Gasteiger charge is -2.41. The third kappa shape index (κ3) is 4.57. The fourth-order valence-electron chi connectivity index (χ4n) is 4.50. The summed E-state index contributed by atoms with van der Waals surface area (Å²) in [5, 5.41) is 4.81. The van der Waals surface area contributed by atoms with E-state index in [1.807, 2.05) is 0 Å². The first-order valence-corrected chi connectivity index (χ1v) is 21.1. The maximum atomic E-state index is 7.02. The Morgan fingerprint density at radius 2 is 1.45 bits per heavy atom. The van der Waals surface area contributed by atoms with Crippen LogP contribution >= 0.6 is 0 Å². The molecule has 0 saturated heterocycles. The molecule has 0 unspecified atom stereocenters. The van der Waals surface area contributed by atoms with E-state index in [0.717, 1.165) is 6.42 Å². The number of hydrogen-bond acceptors (Lipinski definition) is 1. The SMILES string of the molecule is Cc1cc([Si](C)(C)c2cccc3c2C=CC3)c(O[Si](C)(C)C)c([Si](C)(C)C(C)(C)C)c1. The summed E-state index contributed by atoms with van der Waals surface area (Å²) in [7, 11) is -5.56. The van der Waals surface area contributed by atoms with Crippen LogP contribution in [0, 0.1) is 6.92 Å². The normalized spacial score (nSPS) is 14.7. The van der Waals surface area contributed by atoms with Gasteiger partial charge in [0, 0.05) is 0 Å². The van der Waals surface area contributed by atoms with Crippen molar-refractivity contribution in [3.8, 4) is 5.75 Å². The van der Waals surface area contributed by atoms with E-state index in [9.17, 15) is 0 Å². The van der Waals surface area contributed by atoms with Gasteiger partial charge in [-0.1, -0.05) is 95.0 Å². The van der Waals surface area contributed by atoms with E-state index in [1.54, 1.807) is 5.19 Å². The van der Waals surface area contributed by atoms with Crippen LogP contribution in [0.4, 0.5) is 0 Å². The fourth-order valence-corrected chi connectivity index (χ4v) is 10.9. The molecule has 1 aliphatic rings. The summed E-state index contributed by atoms with van der Waals surface area (Å²) in [6, 6.07) is 11.8. The first-order valence-electron chi connectivity index (χ1n) is 11.7. The molecular weight excluding hydrogens is 425 g/mol. The topological polar surface area (TPSA) is 9.23 Å². The Labute approximate surface area is 194 Å². The highest BCUT2D eigenvalue weighted by Gasteiger charge is 2.42. The molecule has 0 spiro atoms. The number of fused-ring (bicyclic) bond motifs is 1. The molecule has 0 amide bonds. The summed E-state index contributed by atoms with van der Waals surface area (Å²) in [6.45, 7) is 26.6. The summed E-state index contributed by atoms with van der Waals surface area (Å²) in [6.07, 6.45) is 5.73. The van der Waals surface area contributed by atoms with Gasteiger partial charge in [-0.2, -0.15) is 0 Å². The number of allylic oxidation sites excluding steroid dienone is 1. The zero-order valence-corrected chi connectivity index (χ0v) is 24.7. The summed E-state index contributed by atoms with van der Waals surface area (Å²) in [4.78, 5) is 0. The molecule has 0 radical (unpaired) electrons. The molecule has 0 N–H and O–H groups in total. The monoisotopic (exact) mass is 466 g/mol. The molecule has 0 saturated carbocycles. The first kappa shape index (κ1) is 24.3. The summed E-state index contributed by atoms with van der Waals surface area (Å²) in [5.41, 5.74) is 4.32. The van der Waals surface area contributed by atoms with Crippen LogP contribution in [-0.4, -0.2) is 24.5 Å². The minimum absolute atomic E-state index is 0.262. The van der Waals surface area contributed by atoms with Crippen LogP contribution in [0.25, 0.3) is 6.08 Å². The van der Waals surface area contributed by atoms with Crippen molar-refractivity contribution in [2.45, 2.75) is 85.0 Å². The van der Waals surface area contributed by atoms with E-state index >= 15 is 0 Å². The second kappa shape index (κ2) is 7.89. The van der Waals surface area contributed by atoms with Crippen molar-refractivity contribution < 1.29 is 4.43 Å². The summed E-state index contributed by atoms with van der Waals surface area (Å²) >= 11 is 0. The number of rotatable bonds is 5. The first-order chi connectivity index (χ1) is 14.1. The second-order valence-corrected chi connectivity index (χ2v) is 26.4. The molecule has 0 atom stereocenters. The van der Waals surface area contributed by atoms with Crippen LogP contribution in [0.15, 0.2) is 36.4 Å². The molecule has 0 fully saturated rings. The molecule has 3 rings (SSSR count). The van der Waals surface area contributed by atoms with Crippen molar-refractivity contribution in [3.63, 3.8) is 0 Å². The van der Waals surface area contributed by atoms with Crippen molar-refractivity contribution in [1.82, 2.24) is 0 Å². The Kier molecular flexibility index (Phi) is 6.18. The zero-order valence-electron chi connectivity index (χ0n) is 21.7. The van der Waals surface area contributed by atoms with E-state index in [2.05, 4.69) is 116 Å². The highest BCUT2D eigenvalue weighted by molar-refractivity contribution is 7.02. The predicted molar refractivity (Wildman–Crippen MR) is 148 cm³/mol. The van der Waals surface area contributed by atoms with Crippen molar-refractivity contribution in [1.29, 1.82) is 0 Å². The van der Waals surface area contributed by atoms with Gasteiger partial charge in [0.25, 0.3) is 0 Å². The second-order valence-electron chi connectivity index (χ2n) is 12.4. The van der Waals surface area contributed by atoms with Gasteiger partial charge in [-0.3, -0.25) is 0 Å². The fraction of sp³-hybridized carbons (Fsp3) is 0.481. The Bertz CT molecular complexity index is 1020. The molecule has 0 aliphatic heterocycles. The molecule has 2 aromatic carbocycles. The van der Waals surface area contributed by atoms with Crippen LogP contribution in [0.5, 0.6) is 5.75 Å². The third-order valence-electron chi connectivity index (χ3n) is 7.36. The summed E-state index contributed by atoms with van der Waals surface area (Å²) in [5.74, 6) is 1.24. The molecule has 0 heterocycles. The number of aryl methyl sites for hydroxylation is 1. The molecule has 0 bridgehead atoms. The van der Waals surface area contributed by atoms with Gasteiger partial charge >= 0.3 is 0 Å². The lowest BCUT2D eigenvalue weighted by Crippen LogP contribution is -2.59. The molecule has 4 heteroatoms. The van der Waals surface area contributed by atoms with Crippen LogP contribution in [0.3, 0.4) is 0 Å². The third-order valence-corrected chi connectivity index (χ3v) is 17.1. The van der Waals surface area contributed by atoms with Crippen LogP contribution in [0.2, 0.25) is 50.9 Å². The lowest BCUT2D eigenvalue weighted by atomic mass is 10.1. The highest BCUT2D eigenvalue weighted by Crippen LogP contribution is 2.38. The van der Waals surface area contributed by atoms with Crippen molar-refractivity contribution in [3.05, 3.63) is 53.1 Å². The van der Waals surface area contributed by atoms with Crippen LogP contribution in [0.1, 0.15) is 37.5 Å². The van der Waals surface area contributed by atoms with Crippen molar-refractivity contribution in [2.75, 3.05) is 0 Å². The van der Waals surface area contributed by atoms with Gasteiger partial charge < -0.3 is 4.43 Å². The van der Waals surface area contributed by atoms with Gasteiger partial charge in [0.1, 0.15) is 13.8 Å².